The van der Waals surface area contributed by atoms with Gasteiger partial charge in [0.15, 0.2) is 0 Å². The highest BCUT2D eigenvalue weighted by molar-refractivity contribution is 5.98. The second kappa shape index (κ2) is 14.9. The highest BCUT2D eigenvalue weighted by atomic mass is 19.4. The van der Waals surface area contributed by atoms with Crippen LogP contribution in [-0.4, -0.2) is 76.5 Å². The van der Waals surface area contributed by atoms with Gasteiger partial charge in [-0.25, -0.2) is 14.4 Å². The van der Waals surface area contributed by atoms with Crippen molar-refractivity contribution in [3.8, 4) is 5.75 Å². The molecule has 2 rings (SSSR count). The predicted molar refractivity (Wildman–Crippen MR) is 140 cm³/mol. The van der Waals surface area contributed by atoms with E-state index < -0.39 is 66.1 Å². The summed E-state index contributed by atoms with van der Waals surface area (Å²) in [4.78, 5) is 70.9. The van der Waals surface area contributed by atoms with Gasteiger partial charge in [0.25, 0.3) is 5.91 Å². The lowest BCUT2D eigenvalue weighted by Gasteiger charge is -2.18. The number of hydrogen-bond donors (Lipinski definition) is 7. The average molecular weight is 610 g/mol. The van der Waals surface area contributed by atoms with Crippen LogP contribution in [0.25, 0.3) is 0 Å². The Hall–Kier alpha value is -5.48. The van der Waals surface area contributed by atoms with E-state index >= 15 is 0 Å². The van der Waals surface area contributed by atoms with Gasteiger partial charge in [0.1, 0.15) is 23.7 Å². The minimum Gasteiger partial charge on any atom is -0.480 e. The maximum Gasteiger partial charge on any atom is 0.491 e. The molecule has 0 bridgehead atoms. The normalized spacial score (nSPS) is 12.3. The zero-order valence-electron chi connectivity index (χ0n) is 22.1. The number of nitrogens with one attached hydrogen (secondary N) is 4. The number of carboxylic acids is 2. The number of carboxylic acid groups (broad SMARTS) is 2. The monoisotopic (exact) mass is 609 g/mol. The van der Waals surface area contributed by atoms with E-state index in [-0.39, 0.29) is 36.3 Å². The first-order valence-electron chi connectivity index (χ1n) is 12.2. The molecular formula is C26H26F3N5O9. The molecule has 8 N–H and O–H groups in total. The van der Waals surface area contributed by atoms with Crippen LogP contribution in [0.1, 0.15) is 34.3 Å². The van der Waals surface area contributed by atoms with E-state index in [1.807, 2.05) is 0 Å². The van der Waals surface area contributed by atoms with Crippen molar-refractivity contribution in [1.82, 2.24) is 16.0 Å². The minimum absolute atomic E-state index is 0.186. The number of amides is 3. The summed E-state index contributed by atoms with van der Waals surface area (Å²) < 4.78 is 41.1. The molecule has 2 aromatic rings. The van der Waals surface area contributed by atoms with Crippen LogP contribution in [-0.2, 0) is 30.4 Å². The Balaban J connectivity index is 1.88. The second-order valence-electron chi connectivity index (χ2n) is 8.85. The fourth-order valence-electron chi connectivity index (χ4n) is 3.39. The van der Waals surface area contributed by atoms with Gasteiger partial charge in [0.2, 0.25) is 11.8 Å². The third-order valence-electron chi connectivity index (χ3n) is 5.56. The van der Waals surface area contributed by atoms with Gasteiger partial charge in [-0.15, -0.1) is 0 Å². The summed E-state index contributed by atoms with van der Waals surface area (Å²) in [6.45, 7) is -0.188. The Morgan fingerprint density at radius 2 is 1.37 bits per heavy atom. The van der Waals surface area contributed by atoms with Gasteiger partial charge in [0.05, 0.1) is 6.42 Å². The number of halogens is 3. The predicted octanol–water partition coefficient (Wildman–Crippen LogP) is 0.330. The van der Waals surface area contributed by atoms with Crippen LogP contribution in [0.4, 0.5) is 13.2 Å². The van der Waals surface area contributed by atoms with E-state index in [1.54, 1.807) is 0 Å². The molecule has 17 heteroatoms. The molecule has 2 aromatic carbocycles. The van der Waals surface area contributed by atoms with Crippen molar-refractivity contribution in [2.75, 3.05) is 6.54 Å². The fourth-order valence-corrected chi connectivity index (χ4v) is 3.39. The highest BCUT2D eigenvalue weighted by Gasteiger charge is 2.41. The first kappa shape index (κ1) is 33.7. The molecule has 14 nitrogen and oxygen atoms in total. The molecule has 0 saturated carbocycles. The Morgan fingerprint density at radius 3 is 1.88 bits per heavy atom. The van der Waals surface area contributed by atoms with E-state index in [9.17, 15) is 52.2 Å². The maximum atomic E-state index is 12.4. The SMILES string of the molecule is N=C(N)c1ccc(C(=O)NCCC(=O)N[C@@H](CC(=O)N[C@@H](Cc2ccc(OC(=O)C(F)(F)F)cc2)C(=O)O)C(=O)O)cc1. The van der Waals surface area contributed by atoms with E-state index in [0.717, 1.165) is 12.1 Å². The fraction of sp³-hybridized carbons (Fsp3) is 0.269. The molecule has 0 unspecified atom stereocenters. The highest BCUT2D eigenvalue weighted by Crippen LogP contribution is 2.20. The number of esters is 1. The van der Waals surface area contributed by atoms with E-state index in [1.165, 1.54) is 36.4 Å². The molecule has 0 heterocycles. The standard InChI is InChI=1S/C26H26F3N5O9/c27-26(28,29)25(42)43-16-7-1-13(2-8-16)11-17(23(38)39)34-20(36)12-18(24(40)41)33-19(35)9-10-32-22(37)15-5-3-14(4-6-15)21(30)31/h1-8,17-18H,9-12H2,(H3,30,31)(H,32,37)(H,33,35)(H,34,36)(H,38,39)(H,40,41)/t17-,18-/m0/s1. The Labute approximate surface area is 240 Å². The number of rotatable bonds is 14. The van der Waals surface area contributed by atoms with Crippen molar-refractivity contribution < 1.29 is 56.9 Å². The number of carbonyl (C=O) groups excluding carboxylic acids is 4. The van der Waals surface area contributed by atoms with E-state index in [2.05, 4.69) is 20.7 Å². The molecule has 0 spiro atoms. The van der Waals surface area contributed by atoms with Gasteiger partial charge in [-0.05, 0) is 29.8 Å². The van der Waals surface area contributed by atoms with Crippen molar-refractivity contribution in [2.45, 2.75) is 37.5 Å². The summed E-state index contributed by atoms with van der Waals surface area (Å²) in [6.07, 6.45) is -6.77. The Morgan fingerprint density at radius 1 is 0.837 bits per heavy atom. The summed E-state index contributed by atoms with van der Waals surface area (Å²) in [5.41, 5.74) is 6.19. The first-order chi connectivity index (χ1) is 20.1. The molecule has 0 fully saturated rings. The van der Waals surface area contributed by atoms with Gasteiger partial charge in [0, 0.05) is 30.5 Å². The maximum absolute atomic E-state index is 12.4. The van der Waals surface area contributed by atoms with Crippen molar-refractivity contribution in [1.29, 1.82) is 5.41 Å². The van der Waals surface area contributed by atoms with Crippen molar-refractivity contribution in [2.24, 2.45) is 5.73 Å². The summed E-state index contributed by atoms with van der Waals surface area (Å²) in [6, 6.07) is 6.74. The first-order valence-corrected chi connectivity index (χ1v) is 12.2. The molecule has 3 amide bonds. The molecule has 0 aliphatic rings. The van der Waals surface area contributed by atoms with Crippen LogP contribution >= 0.6 is 0 Å². The largest absolute Gasteiger partial charge is 0.491 e. The van der Waals surface area contributed by atoms with E-state index in [4.69, 9.17) is 11.1 Å². The molecule has 43 heavy (non-hydrogen) atoms. The lowest BCUT2D eigenvalue weighted by atomic mass is 10.1. The zero-order valence-corrected chi connectivity index (χ0v) is 22.1. The number of alkyl halides is 3. The third kappa shape index (κ3) is 11.1. The number of carbonyl (C=O) groups is 6. The number of amidine groups is 1. The van der Waals surface area contributed by atoms with Crippen LogP contribution in [0.15, 0.2) is 48.5 Å². The zero-order chi connectivity index (χ0) is 32.3. The number of nitrogen functional groups attached to an aromatic ring is 1. The van der Waals surface area contributed by atoms with Crippen LogP contribution in [0.5, 0.6) is 5.75 Å². The summed E-state index contributed by atoms with van der Waals surface area (Å²) in [5, 5.41) is 32.9. The topological polar surface area (TPSA) is 238 Å². The summed E-state index contributed by atoms with van der Waals surface area (Å²) in [7, 11) is 0. The number of nitrogens with two attached hydrogens (primary N) is 1. The molecule has 0 aliphatic heterocycles. The Bertz CT molecular complexity index is 1380. The molecule has 0 radical (unpaired) electrons. The van der Waals surface area contributed by atoms with Gasteiger partial charge >= 0.3 is 24.1 Å². The second-order valence-corrected chi connectivity index (χ2v) is 8.85. The van der Waals surface area contributed by atoms with Gasteiger partial charge in [-0.2, -0.15) is 13.2 Å². The summed E-state index contributed by atoms with van der Waals surface area (Å²) in [5.74, 6) is -8.60. The minimum atomic E-state index is -5.22. The van der Waals surface area contributed by atoms with Crippen LogP contribution in [0.2, 0.25) is 0 Å². The van der Waals surface area contributed by atoms with Crippen molar-refractivity contribution in [3.05, 3.63) is 65.2 Å². The number of hydrogen-bond acceptors (Lipinski definition) is 8. The smallest absolute Gasteiger partial charge is 0.480 e. The van der Waals surface area contributed by atoms with Gasteiger partial charge < -0.3 is 36.6 Å². The van der Waals surface area contributed by atoms with Crippen molar-refractivity contribution >= 4 is 41.5 Å². The van der Waals surface area contributed by atoms with Gasteiger partial charge in [-0.1, -0.05) is 24.3 Å². The van der Waals surface area contributed by atoms with Crippen LogP contribution in [0.3, 0.4) is 0 Å². The Kier molecular flexibility index (Phi) is 11.7. The lowest BCUT2D eigenvalue weighted by molar-refractivity contribution is -0.189. The summed E-state index contributed by atoms with van der Waals surface area (Å²) >= 11 is 0. The molecule has 0 aliphatic carbocycles. The number of aliphatic carboxylic acids is 2. The van der Waals surface area contributed by atoms with E-state index in [0.29, 0.717) is 5.56 Å². The molecular weight excluding hydrogens is 583 g/mol. The molecule has 0 saturated heterocycles. The number of ether oxygens (including phenoxy) is 1. The van der Waals surface area contributed by atoms with Crippen molar-refractivity contribution in [3.63, 3.8) is 0 Å². The third-order valence-corrected chi connectivity index (χ3v) is 5.56. The van der Waals surface area contributed by atoms with Gasteiger partial charge in [-0.3, -0.25) is 19.8 Å². The molecule has 2 atom stereocenters. The van der Waals surface area contributed by atoms with Crippen LogP contribution in [0, 0.1) is 5.41 Å². The molecule has 230 valence electrons. The lowest BCUT2D eigenvalue weighted by Crippen LogP contribution is -2.48. The molecule has 0 aromatic heterocycles. The quantitative estimate of drug-likeness (QED) is 0.0670. The average Bonchev–Trinajstić information content (AvgIpc) is 2.92. The van der Waals surface area contributed by atoms with Crippen LogP contribution < -0.4 is 26.4 Å². The number of benzene rings is 2.